The number of hydrogen-bond donors (Lipinski definition) is 1. The molecule has 0 aliphatic carbocycles. The number of rotatable bonds is 4. The Kier molecular flexibility index (Phi) is 4.04. The summed E-state index contributed by atoms with van der Waals surface area (Å²) in [6.07, 6.45) is 0.531. The minimum absolute atomic E-state index is 0.111. The summed E-state index contributed by atoms with van der Waals surface area (Å²) >= 11 is 0. The lowest BCUT2D eigenvalue weighted by Gasteiger charge is -2.07. The number of aryl methyl sites for hydroxylation is 1. The van der Waals surface area contributed by atoms with Crippen molar-refractivity contribution in [3.8, 4) is 0 Å². The summed E-state index contributed by atoms with van der Waals surface area (Å²) in [5, 5.41) is 0. The summed E-state index contributed by atoms with van der Waals surface area (Å²) in [6, 6.07) is 6.07. The molecule has 0 spiro atoms. The molecule has 0 bridgehead atoms. The van der Waals surface area contributed by atoms with Crippen molar-refractivity contribution in [2.24, 2.45) is 11.7 Å². The number of nitrogens with two attached hydrogens (primary N) is 1. The van der Waals surface area contributed by atoms with Crippen LogP contribution in [-0.2, 0) is 17.8 Å². The number of benzene rings is 1. The number of carbonyl (C=O) groups excluding carboxylic acids is 1. The lowest BCUT2D eigenvalue weighted by atomic mass is 9.98. The van der Waals surface area contributed by atoms with Gasteiger partial charge >= 0.3 is 0 Å². The largest absolute Gasteiger partial charge is 0.326 e. The Morgan fingerprint density at radius 1 is 1.40 bits per heavy atom. The van der Waals surface area contributed by atoms with Crippen LogP contribution in [0.2, 0.25) is 0 Å². The van der Waals surface area contributed by atoms with Crippen LogP contribution in [0, 0.1) is 12.8 Å². The summed E-state index contributed by atoms with van der Waals surface area (Å²) in [4.78, 5) is 11.6. The maximum atomic E-state index is 11.6. The highest BCUT2D eigenvalue weighted by Crippen LogP contribution is 2.12. The first-order valence-electron chi connectivity index (χ1n) is 5.35. The van der Waals surface area contributed by atoms with Crippen LogP contribution < -0.4 is 5.73 Å². The second-order valence-electron chi connectivity index (χ2n) is 4.26. The van der Waals surface area contributed by atoms with E-state index < -0.39 is 0 Å². The van der Waals surface area contributed by atoms with Gasteiger partial charge in [-0.25, -0.2) is 0 Å². The van der Waals surface area contributed by atoms with Gasteiger partial charge in [-0.3, -0.25) is 4.79 Å². The van der Waals surface area contributed by atoms with Gasteiger partial charge in [0.1, 0.15) is 5.78 Å². The van der Waals surface area contributed by atoms with Crippen LogP contribution in [0.25, 0.3) is 0 Å². The van der Waals surface area contributed by atoms with Crippen molar-refractivity contribution in [3.63, 3.8) is 0 Å². The SMILES string of the molecule is Cc1cc(CC(=O)C(C)C)ccc1CN. The molecule has 0 unspecified atom stereocenters. The Balaban J connectivity index is 2.80. The lowest BCUT2D eigenvalue weighted by Crippen LogP contribution is -2.10. The Morgan fingerprint density at radius 2 is 2.07 bits per heavy atom. The standard InChI is InChI=1S/C13H19NO/c1-9(2)13(15)7-11-4-5-12(8-14)10(3)6-11/h4-6,9H,7-8,14H2,1-3H3. The van der Waals surface area contributed by atoms with Crippen molar-refractivity contribution >= 4 is 5.78 Å². The topological polar surface area (TPSA) is 43.1 Å². The van der Waals surface area contributed by atoms with Crippen LogP contribution in [0.4, 0.5) is 0 Å². The zero-order valence-corrected chi connectivity index (χ0v) is 9.71. The van der Waals surface area contributed by atoms with Crippen molar-refractivity contribution in [2.75, 3.05) is 0 Å². The fourth-order valence-electron chi connectivity index (χ4n) is 1.50. The van der Waals surface area contributed by atoms with E-state index in [4.69, 9.17) is 5.73 Å². The van der Waals surface area contributed by atoms with Crippen molar-refractivity contribution in [1.29, 1.82) is 0 Å². The Hall–Kier alpha value is -1.15. The third-order valence-electron chi connectivity index (χ3n) is 2.65. The van der Waals surface area contributed by atoms with E-state index in [-0.39, 0.29) is 11.7 Å². The molecule has 0 atom stereocenters. The van der Waals surface area contributed by atoms with Gasteiger partial charge in [0.2, 0.25) is 0 Å². The van der Waals surface area contributed by atoms with Crippen LogP contribution in [0.1, 0.15) is 30.5 Å². The van der Waals surface area contributed by atoms with Gasteiger partial charge in [-0.1, -0.05) is 32.0 Å². The maximum Gasteiger partial charge on any atom is 0.139 e. The molecule has 0 saturated heterocycles. The van der Waals surface area contributed by atoms with E-state index in [0.29, 0.717) is 13.0 Å². The molecule has 15 heavy (non-hydrogen) atoms. The second kappa shape index (κ2) is 5.08. The normalized spacial score (nSPS) is 10.7. The lowest BCUT2D eigenvalue weighted by molar-refractivity contribution is -0.121. The van der Waals surface area contributed by atoms with E-state index in [1.54, 1.807) is 0 Å². The zero-order valence-electron chi connectivity index (χ0n) is 9.71. The molecule has 1 aromatic rings. The predicted molar refractivity (Wildman–Crippen MR) is 62.6 cm³/mol. The second-order valence-corrected chi connectivity index (χ2v) is 4.26. The van der Waals surface area contributed by atoms with E-state index in [2.05, 4.69) is 6.07 Å². The van der Waals surface area contributed by atoms with Gasteiger partial charge in [0.05, 0.1) is 0 Å². The van der Waals surface area contributed by atoms with E-state index in [1.165, 1.54) is 5.56 Å². The highest BCUT2D eigenvalue weighted by molar-refractivity contribution is 5.82. The molecule has 1 aromatic carbocycles. The van der Waals surface area contributed by atoms with E-state index in [1.807, 2.05) is 32.9 Å². The van der Waals surface area contributed by atoms with Crippen LogP contribution in [0.15, 0.2) is 18.2 Å². The number of carbonyl (C=O) groups is 1. The molecule has 0 amide bonds. The van der Waals surface area contributed by atoms with Crippen molar-refractivity contribution < 1.29 is 4.79 Å². The summed E-state index contributed by atoms with van der Waals surface area (Å²) < 4.78 is 0. The van der Waals surface area contributed by atoms with Crippen LogP contribution in [0.3, 0.4) is 0 Å². The van der Waals surface area contributed by atoms with Gasteiger partial charge in [-0.05, 0) is 23.6 Å². The molecule has 2 heteroatoms. The fraction of sp³-hybridized carbons (Fsp3) is 0.462. The van der Waals surface area contributed by atoms with Crippen molar-refractivity contribution in [1.82, 2.24) is 0 Å². The first-order valence-corrected chi connectivity index (χ1v) is 5.35. The summed E-state index contributed by atoms with van der Waals surface area (Å²) in [5.41, 5.74) is 8.99. The molecule has 0 saturated carbocycles. The number of ketones is 1. The molecule has 0 heterocycles. The predicted octanol–water partition coefficient (Wildman–Crippen LogP) is 2.22. The van der Waals surface area contributed by atoms with Crippen molar-refractivity contribution in [2.45, 2.75) is 33.7 Å². The quantitative estimate of drug-likeness (QED) is 0.819. The van der Waals surface area contributed by atoms with Gasteiger partial charge in [0.25, 0.3) is 0 Å². The summed E-state index contributed by atoms with van der Waals surface area (Å²) in [6.45, 7) is 6.46. The summed E-state index contributed by atoms with van der Waals surface area (Å²) in [5.74, 6) is 0.398. The smallest absolute Gasteiger partial charge is 0.139 e. The molecule has 0 aliphatic rings. The maximum absolute atomic E-state index is 11.6. The monoisotopic (exact) mass is 205 g/mol. The van der Waals surface area contributed by atoms with Crippen LogP contribution in [0.5, 0.6) is 0 Å². The van der Waals surface area contributed by atoms with Gasteiger partial charge in [0, 0.05) is 18.9 Å². The Bertz CT molecular complexity index is 356. The van der Waals surface area contributed by atoms with Gasteiger partial charge < -0.3 is 5.73 Å². The molecule has 0 aliphatic heterocycles. The first kappa shape index (κ1) is 11.9. The van der Waals surface area contributed by atoms with E-state index >= 15 is 0 Å². The molecule has 0 aromatic heterocycles. The van der Waals surface area contributed by atoms with Crippen LogP contribution >= 0.6 is 0 Å². The van der Waals surface area contributed by atoms with Crippen LogP contribution in [-0.4, -0.2) is 5.78 Å². The van der Waals surface area contributed by atoms with E-state index in [9.17, 15) is 4.79 Å². The molecule has 2 N–H and O–H groups in total. The van der Waals surface area contributed by atoms with Gasteiger partial charge in [-0.15, -0.1) is 0 Å². The van der Waals surface area contributed by atoms with E-state index in [0.717, 1.165) is 11.1 Å². The molecule has 82 valence electrons. The average molecular weight is 205 g/mol. The Morgan fingerprint density at radius 3 is 2.53 bits per heavy atom. The highest BCUT2D eigenvalue weighted by atomic mass is 16.1. The number of hydrogen-bond acceptors (Lipinski definition) is 2. The zero-order chi connectivity index (χ0) is 11.4. The number of Topliss-reactive ketones (excluding diaryl/α,β-unsaturated/α-hetero) is 1. The van der Waals surface area contributed by atoms with Gasteiger partial charge in [0.15, 0.2) is 0 Å². The minimum atomic E-state index is 0.111. The third-order valence-corrected chi connectivity index (χ3v) is 2.65. The van der Waals surface area contributed by atoms with Gasteiger partial charge in [-0.2, -0.15) is 0 Å². The molecule has 1 rings (SSSR count). The average Bonchev–Trinajstić information content (AvgIpc) is 2.18. The molecule has 0 fully saturated rings. The molecule has 2 nitrogen and oxygen atoms in total. The minimum Gasteiger partial charge on any atom is -0.326 e. The van der Waals surface area contributed by atoms with Crippen molar-refractivity contribution in [3.05, 3.63) is 34.9 Å². The molecule has 0 radical (unpaired) electrons. The highest BCUT2D eigenvalue weighted by Gasteiger charge is 2.08. The fourth-order valence-corrected chi connectivity index (χ4v) is 1.50. The Labute approximate surface area is 91.5 Å². The summed E-state index contributed by atoms with van der Waals surface area (Å²) in [7, 11) is 0. The molecular weight excluding hydrogens is 186 g/mol. The molecular formula is C13H19NO. The first-order chi connectivity index (χ1) is 7.04. The third kappa shape index (κ3) is 3.17.